The summed E-state index contributed by atoms with van der Waals surface area (Å²) >= 11 is 0. The van der Waals surface area contributed by atoms with Crippen LogP contribution in [0.1, 0.15) is 49.8 Å². The van der Waals surface area contributed by atoms with E-state index in [1.165, 1.54) is 43.2 Å². The second-order valence-corrected chi connectivity index (χ2v) is 5.52. The van der Waals surface area contributed by atoms with E-state index < -0.39 is 0 Å². The van der Waals surface area contributed by atoms with Gasteiger partial charge in [-0.15, -0.1) is 0 Å². The van der Waals surface area contributed by atoms with E-state index in [0.717, 1.165) is 6.54 Å². The van der Waals surface area contributed by atoms with Crippen molar-refractivity contribution in [2.45, 2.75) is 51.1 Å². The Balaban J connectivity index is 2.14. The van der Waals surface area contributed by atoms with Crippen molar-refractivity contribution in [2.24, 2.45) is 5.73 Å². The van der Waals surface area contributed by atoms with Crippen LogP contribution in [0.25, 0.3) is 0 Å². The molecular weight excluding hydrogens is 220 g/mol. The van der Waals surface area contributed by atoms with E-state index in [0.29, 0.717) is 6.04 Å². The number of fused-ring (bicyclic) bond motifs is 1. The van der Waals surface area contributed by atoms with Gasteiger partial charge in [-0.25, -0.2) is 0 Å². The van der Waals surface area contributed by atoms with Crippen LogP contribution < -0.4 is 5.73 Å². The minimum Gasteiger partial charge on any atom is -0.323 e. The number of nitrogens with zero attached hydrogens (tertiary/aromatic N) is 1. The molecule has 1 aliphatic carbocycles. The predicted octanol–water partition coefficient (Wildman–Crippen LogP) is 3.12. The normalized spacial score (nSPS) is 23.8. The average Bonchev–Trinajstić information content (AvgIpc) is 2.56. The van der Waals surface area contributed by atoms with Crippen LogP contribution in [0.3, 0.4) is 0 Å². The zero-order valence-electron chi connectivity index (χ0n) is 11.7. The molecule has 0 saturated heterocycles. The van der Waals surface area contributed by atoms with Crippen LogP contribution in [0.5, 0.6) is 0 Å². The first-order valence-corrected chi connectivity index (χ1v) is 7.27. The number of nitrogens with two attached hydrogens (primary N) is 1. The van der Waals surface area contributed by atoms with Crippen molar-refractivity contribution in [3.8, 4) is 0 Å². The maximum Gasteiger partial charge on any atom is 0.0455 e. The molecule has 1 aromatic carbocycles. The molecule has 2 atom stereocenters. The quantitative estimate of drug-likeness (QED) is 0.827. The second-order valence-electron chi connectivity index (χ2n) is 5.52. The van der Waals surface area contributed by atoms with E-state index in [1.54, 1.807) is 0 Å². The molecule has 100 valence electrons. The van der Waals surface area contributed by atoms with Crippen LogP contribution in [0.4, 0.5) is 0 Å². The van der Waals surface area contributed by atoms with Crippen molar-refractivity contribution in [3.63, 3.8) is 0 Å². The van der Waals surface area contributed by atoms with Crippen molar-refractivity contribution >= 4 is 0 Å². The summed E-state index contributed by atoms with van der Waals surface area (Å²) in [5.41, 5.74) is 9.34. The van der Waals surface area contributed by atoms with Crippen LogP contribution in [0.15, 0.2) is 24.3 Å². The molecule has 2 N–H and O–H groups in total. The number of unbranched alkanes of at least 4 members (excludes halogenated alkanes) is 1. The van der Waals surface area contributed by atoms with E-state index in [2.05, 4.69) is 43.1 Å². The summed E-state index contributed by atoms with van der Waals surface area (Å²) in [5.74, 6) is 0. The Labute approximate surface area is 111 Å². The Bertz CT molecular complexity index is 375. The summed E-state index contributed by atoms with van der Waals surface area (Å²) in [6.45, 7) is 3.41. The lowest BCUT2D eigenvalue weighted by atomic mass is 9.96. The third-order valence-corrected chi connectivity index (χ3v) is 4.21. The van der Waals surface area contributed by atoms with Crippen LogP contribution >= 0.6 is 0 Å². The van der Waals surface area contributed by atoms with Crippen LogP contribution in [-0.2, 0) is 6.42 Å². The standard InChI is InChI=1S/C16H26N2/c1-3-4-12-18(2)15-11-7-9-13-8-5-6-10-14(13)16(15)17/h5-6,8,10,15-16H,3-4,7,9,11-12,17H2,1-2H3. The maximum atomic E-state index is 6.52. The number of rotatable bonds is 4. The van der Waals surface area contributed by atoms with Gasteiger partial charge in [0, 0.05) is 12.1 Å². The van der Waals surface area contributed by atoms with Gasteiger partial charge in [-0.3, -0.25) is 0 Å². The highest BCUT2D eigenvalue weighted by Gasteiger charge is 2.27. The molecule has 0 radical (unpaired) electrons. The molecule has 0 heterocycles. The van der Waals surface area contributed by atoms with Gasteiger partial charge in [-0.2, -0.15) is 0 Å². The van der Waals surface area contributed by atoms with Crippen molar-refractivity contribution in [1.82, 2.24) is 4.90 Å². The van der Waals surface area contributed by atoms with Gasteiger partial charge < -0.3 is 10.6 Å². The van der Waals surface area contributed by atoms with Gasteiger partial charge >= 0.3 is 0 Å². The van der Waals surface area contributed by atoms with E-state index in [9.17, 15) is 0 Å². The molecule has 0 amide bonds. The highest BCUT2D eigenvalue weighted by molar-refractivity contribution is 5.32. The molecular formula is C16H26N2. The molecule has 0 bridgehead atoms. The van der Waals surface area contributed by atoms with Gasteiger partial charge in [-0.05, 0) is 50.4 Å². The van der Waals surface area contributed by atoms with Gasteiger partial charge in [0.1, 0.15) is 0 Å². The fraction of sp³-hybridized carbons (Fsp3) is 0.625. The molecule has 2 unspecified atom stereocenters. The van der Waals surface area contributed by atoms with E-state index in [1.807, 2.05) is 0 Å². The monoisotopic (exact) mass is 246 g/mol. The molecule has 0 fully saturated rings. The van der Waals surface area contributed by atoms with Crippen LogP contribution in [0, 0.1) is 0 Å². The molecule has 0 aromatic heterocycles. The van der Waals surface area contributed by atoms with Crippen molar-refractivity contribution in [2.75, 3.05) is 13.6 Å². The average molecular weight is 246 g/mol. The molecule has 0 saturated carbocycles. The highest BCUT2D eigenvalue weighted by atomic mass is 15.1. The first-order chi connectivity index (χ1) is 8.74. The highest BCUT2D eigenvalue weighted by Crippen LogP contribution is 2.29. The van der Waals surface area contributed by atoms with E-state index in [4.69, 9.17) is 5.73 Å². The lowest BCUT2D eigenvalue weighted by Crippen LogP contribution is -2.40. The molecule has 1 aliphatic rings. The summed E-state index contributed by atoms with van der Waals surface area (Å²) in [4.78, 5) is 2.47. The summed E-state index contributed by atoms with van der Waals surface area (Å²) in [6, 6.07) is 9.38. The molecule has 2 heteroatoms. The summed E-state index contributed by atoms with van der Waals surface area (Å²) < 4.78 is 0. The summed E-state index contributed by atoms with van der Waals surface area (Å²) in [5, 5.41) is 0. The first kappa shape index (κ1) is 13.6. The van der Waals surface area contributed by atoms with E-state index >= 15 is 0 Å². The third-order valence-electron chi connectivity index (χ3n) is 4.21. The van der Waals surface area contributed by atoms with E-state index in [-0.39, 0.29) is 6.04 Å². The Kier molecular flexibility index (Phi) is 4.79. The van der Waals surface area contributed by atoms with Crippen LogP contribution in [-0.4, -0.2) is 24.5 Å². The Morgan fingerprint density at radius 1 is 1.33 bits per heavy atom. The minimum absolute atomic E-state index is 0.172. The van der Waals surface area contributed by atoms with Gasteiger partial charge in [0.05, 0.1) is 0 Å². The lowest BCUT2D eigenvalue weighted by molar-refractivity contribution is 0.198. The number of aryl methyl sites for hydroxylation is 1. The smallest absolute Gasteiger partial charge is 0.0455 e. The topological polar surface area (TPSA) is 29.3 Å². The van der Waals surface area contributed by atoms with Crippen molar-refractivity contribution < 1.29 is 0 Å². The van der Waals surface area contributed by atoms with Crippen molar-refractivity contribution in [3.05, 3.63) is 35.4 Å². The lowest BCUT2D eigenvalue weighted by Gasteiger charge is -2.32. The summed E-state index contributed by atoms with van der Waals surface area (Å²) in [6.07, 6.45) is 6.17. The van der Waals surface area contributed by atoms with Gasteiger partial charge in [0.15, 0.2) is 0 Å². The third kappa shape index (κ3) is 2.93. The molecule has 0 spiro atoms. The Morgan fingerprint density at radius 3 is 2.89 bits per heavy atom. The molecule has 2 rings (SSSR count). The minimum atomic E-state index is 0.172. The molecule has 0 aliphatic heterocycles. The molecule has 18 heavy (non-hydrogen) atoms. The summed E-state index contributed by atoms with van der Waals surface area (Å²) in [7, 11) is 2.23. The number of hydrogen-bond acceptors (Lipinski definition) is 2. The number of hydrogen-bond donors (Lipinski definition) is 1. The fourth-order valence-corrected chi connectivity index (χ4v) is 3.04. The van der Waals surface area contributed by atoms with Crippen LogP contribution in [0.2, 0.25) is 0 Å². The maximum absolute atomic E-state index is 6.52. The number of likely N-dealkylation sites (N-methyl/N-ethyl adjacent to an activating group) is 1. The molecule has 1 aromatic rings. The zero-order valence-corrected chi connectivity index (χ0v) is 11.7. The van der Waals surface area contributed by atoms with Gasteiger partial charge in [0.25, 0.3) is 0 Å². The Morgan fingerprint density at radius 2 is 2.11 bits per heavy atom. The largest absolute Gasteiger partial charge is 0.323 e. The predicted molar refractivity (Wildman–Crippen MR) is 77.6 cm³/mol. The number of benzene rings is 1. The molecule has 2 nitrogen and oxygen atoms in total. The second kappa shape index (κ2) is 6.35. The zero-order chi connectivity index (χ0) is 13.0. The SMILES string of the molecule is CCCCN(C)C1CCCc2ccccc2C1N. The van der Waals surface area contributed by atoms with Gasteiger partial charge in [0.2, 0.25) is 0 Å². The first-order valence-electron chi connectivity index (χ1n) is 7.27. The fourth-order valence-electron chi connectivity index (χ4n) is 3.04. The Hall–Kier alpha value is -0.860. The van der Waals surface area contributed by atoms with Crippen molar-refractivity contribution in [1.29, 1.82) is 0 Å². The van der Waals surface area contributed by atoms with Gasteiger partial charge in [-0.1, -0.05) is 37.6 Å².